The summed E-state index contributed by atoms with van der Waals surface area (Å²) in [5.41, 5.74) is 9.90. The number of carbonyl (C=O) groups excluding carboxylic acids is 2. The van der Waals surface area contributed by atoms with Gasteiger partial charge in [-0.05, 0) is 26.7 Å². The topological polar surface area (TPSA) is 122 Å². The van der Waals surface area contributed by atoms with Crippen molar-refractivity contribution in [2.24, 2.45) is 22.0 Å². The van der Waals surface area contributed by atoms with Gasteiger partial charge in [0.1, 0.15) is 5.41 Å². The van der Waals surface area contributed by atoms with Gasteiger partial charge in [-0.1, -0.05) is 18.0 Å². The molecule has 19 heavy (non-hydrogen) atoms. The van der Waals surface area contributed by atoms with E-state index in [1.165, 1.54) is 4.90 Å². The van der Waals surface area contributed by atoms with Crippen molar-refractivity contribution in [3.05, 3.63) is 0 Å². The lowest BCUT2D eigenvalue weighted by Crippen LogP contribution is -2.54. The normalized spacial score (nSPS) is 18.6. The molecule has 1 aliphatic carbocycles. The Morgan fingerprint density at radius 2 is 1.84 bits per heavy atom. The highest BCUT2D eigenvalue weighted by atomic mass is 16.4. The van der Waals surface area contributed by atoms with Gasteiger partial charge in [-0.3, -0.25) is 9.59 Å². The minimum absolute atomic E-state index is 0.0786. The second kappa shape index (κ2) is 5.90. The van der Waals surface area contributed by atoms with Gasteiger partial charge in [0, 0.05) is 6.04 Å². The van der Waals surface area contributed by atoms with Crippen LogP contribution in [-0.4, -0.2) is 40.3 Å². The molecule has 0 aromatic heterocycles. The lowest BCUT2D eigenvalue weighted by atomic mass is 9.82. The Labute approximate surface area is 112 Å². The van der Waals surface area contributed by atoms with Crippen LogP contribution in [0.1, 0.15) is 39.5 Å². The molecule has 108 valence electrons. The molecule has 1 aliphatic rings. The van der Waals surface area contributed by atoms with E-state index in [2.05, 4.69) is 5.16 Å². The summed E-state index contributed by atoms with van der Waals surface area (Å²) in [6, 6.07) is -0.177. The van der Waals surface area contributed by atoms with Crippen LogP contribution in [0.4, 0.5) is 0 Å². The van der Waals surface area contributed by atoms with Crippen LogP contribution in [0, 0.1) is 5.41 Å². The molecule has 0 atom stereocenters. The Morgan fingerprint density at radius 1 is 1.32 bits per heavy atom. The van der Waals surface area contributed by atoms with Crippen molar-refractivity contribution in [1.29, 1.82) is 0 Å². The number of hydrogen-bond donors (Lipinski definition) is 3. The van der Waals surface area contributed by atoms with Gasteiger partial charge in [-0.15, -0.1) is 0 Å². The maximum Gasteiger partial charge on any atom is 0.237 e. The van der Waals surface area contributed by atoms with Gasteiger partial charge >= 0.3 is 0 Å². The minimum atomic E-state index is -0.992. The molecule has 0 spiro atoms. The summed E-state index contributed by atoms with van der Waals surface area (Å²) in [5.74, 6) is -0.936. The van der Waals surface area contributed by atoms with Crippen LogP contribution in [0.2, 0.25) is 0 Å². The van der Waals surface area contributed by atoms with E-state index < -0.39 is 11.3 Å². The van der Waals surface area contributed by atoms with E-state index in [9.17, 15) is 9.59 Å². The number of oxime groups is 1. The van der Waals surface area contributed by atoms with Gasteiger partial charge in [-0.2, -0.15) is 0 Å². The molecule has 0 saturated heterocycles. The number of amidine groups is 1. The van der Waals surface area contributed by atoms with E-state index in [1.807, 2.05) is 0 Å². The standard InChI is InChI=1S/C12H22N4O3/c1-8(2)16(7-9(13)17)11(18)12(10(14)15-19)5-3-4-6-12/h8,19H,3-7H2,1-2H3,(H2,13,17)(H2,14,15). The van der Waals surface area contributed by atoms with E-state index in [4.69, 9.17) is 16.7 Å². The Kier molecular flexibility index (Phi) is 4.74. The average Bonchev–Trinajstić information content (AvgIpc) is 2.84. The first kappa shape index (κ1) is 15.3. The number of carbonyl (C=O) groups is 2. The molecule has 2 amide bonds. The molecule has 0 aromatic carbocycles. The lowest BCUT2D eigenvalue weighted by Gasteiger charge is -2.35. The van der Waals surface area contributed by atoms with E-state index in [0.29, 0.717) is 12.8 Å². The molecule has 0 unspecified atom stereocenters. The molecule has 7 heteroatoms. The highest BCUT2D eigenvalue weighted by molar-refractivity contribution is 6.07. The van der Waals surface area contributed by atoms with Crippen molar-refractivity contribution in [1.82, 2.24) is 4.90 Å². The first-order valence-corrected chi connectivity index (χ1v) is 6.42. The highest BCUT2D eigenvalue weighted by Crippen LogP contribution is 2.40. The summed E-state index contributed by atoms with van der Waals surface area (Å²) in [7, 11) is 0. The smallest absolute Gasteiger partial charge is 0.237 e. The van der Waals surface area contributed by atoms with Gasteiger partial charge in [0.25, 0.3) is 0 Å². The number of nitrogens with two attached hydrogens (primary N) is 2. The number of rotatable bonds is 5. The predicted molar refractivity (Wildman–Crippen MR) is 70.4 cm³/mol. The number of amides is 2. The zero-order valence-corrected chi connectivity index (χ0v) is 11.4. The molecule has 1 saturated carbocycles. The number of hydrogen-bond acceptors (Lipinski definition) is 4. The Balaban J connectivity index is 3.07. The summed E-state index contributed by atoms with van der Waals surface area (Å²) >= 11 is 0. The zero-order chi connectivity index (χ0) is 14.6. The highest BCUT2D eigenvalue weighted by Gasteiger charge is 2.48. The van der Waals surface area contributed by atoms with E-state index >= 15 is 0 Å². The Hall–Kier alpha value is -1.79. The van der Waals surface area contributed by atoms with Gasteiger partial charge < -0.3 is 21.6 Å². The molecule has 0 radical (unpaired) electrons. The van der Waals surface area contributed by atoms with Crippen LogP contribution in [-0.2, 0) is 9.59 Å². The summed E-state index contributed by atoms with van der Waals surface area (Å²) in [5, 5.41) is 11.9. The fourth-order valence-corrected chi connectivity index (χ4v) is 2.59. The summed E-state index contributed by atoms with van der Waals surface area (Å²) < 4.78 is 0. The molecule has 0 bridgehead atoms. The van der Waals surface area contributed by atoms with Gasteiger partial charge in [0.15, 0.2) is 5.84 Å². The molecule has 0 aliphatic heterocycles. The molecule has 0 aromatic rings. The zero-order valence-electron chi connectivity index (χ0n) is 11.4. The van der Waals surface area contributed by atoms with E-state index in [-0.39, 0.29) is 24.3 Å². The maximum atomic E-state index is 12.7. The predicted octanol–water partition coefficient (Wildman–Crippen LogP) is 0.0155. The van der Waals surface area contributed by atoms with Crippen LogP contribution in [0.25, 0.3) is 0 Å². The molecule has 5 N–H and O–H groups in total. The fraction of sp³-hybridized carbons (Fsp3) is 0.750. The third-order valence-electron chi connectivity index (χ3n) is 3.67. The van der Waals surface area contributed by atoms with Gasteiger partial charge in [0.05, 0.1) is 6.54 Å². The van der Waals surface area contributed by atoms with E-state index in [1.54, 1.807) is 13.8 Å². The lowest BCUT2D eigenvalue weighted by molar-refractivity contribution is -0.143. The first-order valence-electron chi connectivity index (χ1n) is 6.42. The van der Waals surface area contributed by atoms with Crippen molar-refractivity contribution >= 4 is 17.6 Å². The number of primary amides is 1. The van der Waals surface area contributed by atoms with Crippen LogP contribution in [0.15, 0.2) is 5.16 Å². The molecule has 0 heterocycles. The average molecular weight is 270 g/mol. The second-order valence-corrected chi connectivity index (χ2v) is 5.27. The number of nitrogens with zero attached hydrogens (tertiary/aromatic N) is 2. The molecule has 1 rings (SSSR count). The largest absolute Gasteiger partial charge is 0.409 e. The molecule has 1 fully saturated rings. The molecular weight excluding hydrogens is 248 g/mol. The Bertz CT molecular complexity index is 386. The molecular formula is C12H22N4O3. The monoisotopic (exact) mass is 270 g/mol. The third-order valence-corrected chi connectivity index (χ3v) is 3.67. The van der Waals surface area contributed by atoms with Crippen LogP contribution >= 0.6 is 0 Å². The van der Waals surface area contributed by atoms with Crippen molar-refractivity contribution in [3.63, 3.8) is 0 Å². The van der Waals surface area contributed by atoms with Crippen LogP contribution in [0.3, 0.4) is 0 Å². The maximum absolute atomic E-state index is 12.7. The third kappa shape index (κ3) is 2.97. The SMILES string of the molecule is CC(C)N(CC(N)=O)C(=O)C1(C(N)=NO)CCCC1. The van der Waals surface area contributed by atoms with Crippen LogP contribution in [0.5, 0.6) is 0 Å². The summed E-state index contributed by atoms with van der Waals surface area (Å²) in [6.45, 7) is 3.45. The second-order valence-electron chi connectivity index (χ2n) is 5.27. The van der Waals surface area contributed by atoms with Crippen molar-refractivity contribution in [3.8, 4) is 0 Å². The minimum Gasteiger partial charge on any atom is -0.409 e. The Morgan fingerprint density at radius 3 is 2.21 bits per heavy atom. The molecule has 7 nitrogen and oxygen atoms in total. The quantitative estimate of drug-likeness (QED) is 0.282. The van der Waals surface area contributed by atoms with E-state index in [0.717, 1.165) is 12.8 Å². The van der Waals surface area contributed by atoms with Crippen LogP contribution < -0.4 is 11.5 Å². The van der Waals surface area contributed by atoms with Crippen molar-refractivity contribution < 1.29 is 14.8 Å². The van der Waals surface area contributed by atoms with Gasteiger partial charge in [-0.25, -0.2) is 0 Å². The van der Waals surface area contributed by atoms with Crippen molar-refractivity contribution in [2.75, 3.05) is 6.54 Å². The first-order chi connectivity index (χ1) is 8.85. The van der Waals surface area contributed by atoms with Gasteiger partial charge in [0.2, 0.25) is 11.8 Å². The summed E-state index contributed by atoms with van der Waals surface area (Å²) in [6.07, 6.45) is 2.74. The fourth-order valence-electron chi connectivity index (χ4n) is 2.59. The summed E-state index contributed by atoms with van der Waals surface area (Å²) in [4.78, 5) is 25.2. The van der Waals surface area contributed by atoms with Crippen molar-refractivity contribution in [2.45, 2.75) is 45.6 Å².